The average Bonchev–Trinajstić information content (AvgIpc) is 2.95. The minimum atomic E-state index is -0.292. The van der Waals surface area contributed by atoms with Crippen LogP contribution in [0.2, 0.25) is 5.02 Å². The molecule has 0 radical (unpaired) electrons. The van der Waals surface area contributed by atoms with Crippen LogP contribution in [0.5, 0.6) is 23.0 Å². The summed E-state index contributed by atoms with van der Waals surface area (Å²) in [6.45, 7) is 5.94. The van der Waals surface area contributed by atoms with Crippen LogP contribution >= 0.6 is 11.6 Å². The molecule has 2 aliphatic heterocycles. The Kier molecular flexibility index (Phi) is 4.13. The Bertz CT molecular complexity index is 882. The van der Waals surface area contributed by atoms with Gasteiger partial charge in [-0.25, -0.2) is 0 Å². The van der Waals surface area contributed by atoms with Gasteiger partial charge in [-0.15, -0.1) is 6.58 Å². The van der Waals surface area contributed by atoms with Gasteiger partial charge in [-0.3, -0.25) is 0 Å². The van der Waals surface area contributed by atoms with Crippen molar-refractivity contribution >= 4 is 11.6 Å². The third-order valence-electron chi connectivity index (χ3n) is 5.57. The van der Waals surface area contributed by atoms with Crippen molar-refractivity contribution in [1.82, 2.24) is 4.90 Å². The van der Waals surface area contributed by atoms with Gasteiger partial charge in [0, 0.05) is 46.6 Å². The Labute approximate surface area is 158 Å². The highest BCUT2D eigenvalue weighted by Gasteiger charge is 2.49. The predicted octanol–water partition coefficient (Wildman–Crippen LogP) is 4.62. The van der Waals surface area contributed by atoms with Gasteiger partial charge in [-0.1, -0.05) is 17.7 Å². The third-order valence-corrected chi connectivity index (χ3v) is 5.80. The molecule has 1 fully saturated rings. The van der Waals surface area contributed by atoms with Gasteiger partial charge in [0.25, 0.3) is 0 Å². The molecule has 2 heterocycles. The number of ether oxygens (including phenoxy) is 3. The zero-order valence-corrected chi connectivity index (χ0v) is 16.0. The monoisotopic (exact) mass is 371 g/mol. The van der Waals surface area contributed by atoms with Crippen LogP contribution in [-0.4, -0.2) is 39.3 Å². The van der Waals surface area contributed by atoms with E-state index in [2.05, 4.69) is 18.5 Å². The maximum absolute atomic E-state index is 6.34. The molecular formula is C21H22ClNO3. The summed E-state index contributed by atoms with van der Waals surface area (Å²) >= 11 is 6.32. The normalized spacial score (nSPS) is 23.9. The van der Waals surface area contributed by atoms with Crippen molar-refractivity contribution in [3.63, 3.8) is 0 Å². The first-order valence-electron chi connectivity index (χ1n) is 8.58. The van der Waals surface area contributed by atoms with Gasteiger partial charge < -0.3 is 19.1 Å². The average molecular weight is 372 g/mol. The van der Waals surface area contributed by atoms with Crippen LogP contribution < -0.4 is 14.2 Å². The molecule has 2 aromatic rings. The van der Waals surface area contributed by atoms with Gasteiger partial charge in [0.2, 0.25) is 0 Å². The van der Waals surface area contributed by atoms with E-state index in [-0.39, 0.29) is 11.3 Å². The number of nitrogens with zero attached hydrogens (tertiary/aromatic N) is 1. The topological polar surface area (TPSA) is 30.9 Å². The Morgan fingerprint density at radius 3 is 2.62 bits per heavy atom. The number of likely N-dealkylation sites (N-methyl/N-ethyl adjacent to an activating group) is 1. The number of halogens is 1. The smallest absolute Gasteiger partial charge is 0.164 e. The molecule has 2 unspecified atom stereocenters. The van der Waals surface area contributed by atoms with Crippen molar-refractivity contribution in [3.8, 4) is 23.0 Å². The van der Waals surface area contributed by atoms with Gasteiger partial charge in [0.15, 0.2) is 11.5 Å². The molecule has 2 atom stereocenters. The maximum atomic E-state index is 6.34. The largest absolute Gasteiger partial charge is 0.493 e. The van der Waals surface area contributed by atoms with Crippen molar-refractivity contribution in [1.29, 1.82) is 0 Å². The van der Waals surface area contributed by atoms with Gasteiger partial charge in [-0.2, -0.15) is 0 Å². The lowest BCUT2D eigenvalue weighted by atomic mass is 9.70. The van der Waals surface area contributed by atoms with Crippen molar-refractivity contribution in [2.24, 2.45) is 0 Å². The first kappa shape index (κ1) is 17.3. The Morgan fingerprint density at radius 2 is 1.92 bits per heavy atom. The van der Waals surface area contributed by atoms with Gasteiger partial charge in [-0.05, 0) is 31.3 Å². The van der Waals surface area contributed by atoms with E-state index in [4.69, 9.17) is 25.8 Å². The Hall–Kier alpha value is -2.17. The fourth-order valence-electron chi connectivity index (χ4n) is 4.37. The summed E-state index contributed by atoms with van der Waals surface area (Å²) in [4.78, 5) is 2.32. The van der Waals surface area contributed by atoms with Crippen molar-refractivity contribution in [3.05, 3.63) is 59.1 Å². The molecule has 2 aromatic carbocycles. The number of hydrogen-bond acceptors (Lipinski definition) is 4. The van der Waals surface area contributed by atoms with Gasteiger partial charge in [0.05, 0.1) is 14.2 Å². The number of methoxy groups -OCH3 is 2. The fraction of sp³-hybridized carbons (Fsp3) is 0.333. The number of hydrogen-bond donors (Lipinski definition) is 0. The van der Waals surface area contributed by atoms with Crippen molar-refractivity contribution in [2.75, 3.05) is 34.4 Å². The molecule has 2 aliphatic rings. The molecule has 5 heteroatoms. The van der Waals surface area contributed by atoms with Crippen molar-refractivity contribution < 1.29 is 14.2 Å². The standard InChI is InChI=1S/C21H22ClNO3/c1-5-21-12-23(2)11-16(21)14-8-13(22)6-7-17(14)26-18-10-20(25-4)19(24-3)9-15(18)21/h5-10,16H,1,11-12H2,2-4H3. The first-order chi connectivity index (χ1) is 12.5. The minimum Gasteiger partial charge on any atom is -0.493 e. The molecule has 4 rings (SSSR count). The minimum absolute atomic E-state index is 0.193. The third kappa shape index (κ3) is 2.40. The summed E-state index contributed by atoms with van der Waals surface area (Å²) in [5.74, 6) is 3.12. The molecule has 0 aliphatic carbocycles. The second-order valence-electron chi connectivity index (χ2n) is 6.98. The van der Waals surface area contributed by atoms with E-state index in [1.807, 2.05) is 36.4 Å². The zero-order chi connectivity index (χ0) is 18.5. The van der Waals surface area contributed by atoms with E-state index in [1.165, 1.54) is 0 Å². The highest BCUT2D eigenvalue weighted by molar-refractivity contribution is 6.30. The lowest BCUT2D eigenvalue weighted by Crippen LogP contribution is -2.31. The summed E-state index contributed by atoms with van der Waals surface area (Å²) < 4.78 is 17.4. The molecule has 0 N–H and O–H groups in total. The molecular weight excluding hydrogens is 350 g/mol. The highest BCUT2D eigenvalue weighted by atomic mass is 35.5. The SMILES string of the molecule is C=CC12CN(C)CC1c1cc(Cl)ccc1Oc1cc(OC)c(OC)cc12. The summed E-state index contributed by atoms with van der Waals surface area (Å²) in [5, 5.41) is 0.709. The molecule has 0 amide bonds. The van der Waals surface area contributed by atoms with Crippen LogP contribution in [0.3, 0.4) is 0 Å². The fourth-order valence-corrected chi connectivity index (χ4v) is 4.55. The molecule has 0 aromatic heterocycles. The quantitative estimate of drug-likeness (QED) is 0.737. The first-order valence-corrected chi connectivity index (χ1v) is 8.96. The summed E-state index contributed by atoms with van der Waals surface area (Å²) in [5.41, 5.74) is 1.88. The van der Waals surface area contributed by atoms with Gasteiger partial charge >= 0.3 is 0 Å². The molecule has 26 heavy (non-hydrogen) atoms. The van der Waals surface area contributed by atoms with Crippen LogP contribution in [-0.2, 0) is 5.41 Å². The van der Waals surface area contributed by atoms with Crippen LogP contribution in [0.25, 0.3) is 0 Å². The summed E-state index contributed by atoms with van der Waals surface area (Å²) in [6.07, 6.45) is 2.05. The van der Waals surface area contributed by atoms with Crippen LogP contribution in [0.15, 0.2) is 43.0 Å². The lowest BCUT2D eigenvalue weighted by molar-refractivity contribution is 0.348. The highest BCUT2D eigenvalue weighted by Crippen LogP contribution is 2.56. The van der Waals surface area contributed by atoms with Crippen LogP contribution in [0, 0.1) is 0 Å². The number of rotatable bonds is 3. The number of benzene rings is 2. The van der Waals surface area contributed by atoms with E-state index in [9.17, 15) is 0 Å². The molecule has 0 bridgehead atoms. The lowest BCUT2D eigenvalue weighted by Gasteiger charge is -2.32. The van der Waals surface area contributed by atoms with E-state index in [0.29, 0.717) is 16.5 Å². The second-order valence-corrected chi connectivity index (χ2v) is 7.42. The molecule has 0 saturated carbocycles. The van der Waals surface area contributed by atoms with E-state index in [1.54, 1.807) is 14.2 Å². The van der Waals surface area contributed by atoms with Crippen molar-refractivity contribution in [2.45, 2.75) is 11.3 Å². The number of fused-ring (bicyclic) bond motifs is 5. The predicted molar refractivity (Wildman–Crippen MR) is 103 cm³/mol. The number of likely N-dealkylation sites (tertiary alicyclic amines) is 1. The molecule has 1 saturated heterocycles. The molecule has 0 spiro atoms. The van der Waals surface area contributed by atoms with Crippen LogP contribution in [0.1, 0.15) is 17.0 Å². The summed E-state index contributed by atoms with van der Waals surface area (Å²) in [7, 11) is 5.41. The molecule has 136 valence electrons. The Morgan fingerprint density at radius 1 is 1.19 bits per heavy atom. The van der Waals surface area contributed by atoms with E-state index < -0.39 is 0 Å². The van der Waals surface area contributed by atoms with E-state index >= 15 is 0 Å². The zero-order valence-electron chi connectivity index (χ0n) is 15.2. The summed E-state index contributed by atoms with van der Waals surface area (Å²) in [6, 6.07) is 9.74. The Balaban J connectivity index is 2.03. The molecule has 4 nitrogen and oxygen atoms in total. The van der Waals surface area contributed by atoms with E-state index in [0.717, 1.165) is 35.7 Å². The van der Waals surface area contributed by atoms with Gasteiger partial charge in [0.1, 0.15) is 11.5 Å². The maximum Gasteiger partial charge on any atom is 0.164 e. The van der Waals surface area contributed by atoms with Crippen LogP contribution in [0.4, 0.5) is 0 Å². The second kappa shape index (κ2) is 6.22.